The molecule has 46 heavy (non-hydrogen) atoms. The second kappa shape index (κ2) is 15.9. The van der Waals surface area contributed by atoms with Crippen LogP contribution in [0.4, 0.5) is 5.82 Å². The molecule has 1 saturated heterocycles. The molecule has 2 aromatic heterocycles. The monoisotopic (exact) mass is 641 g/mol. The zero-order valence-electron chi connectivity index (χ0n) is 29.0. The number of aryl methyl sites for hydroxylation is 1. The number of rotatable bonds is 16. The van der Waals surface area contributed by atoms with Crippen LogP contribution in [0, 0.1) is 12.8 Å². The number of anilines is 1. The zero-order chi connectivity index (χ0) is 34.2. The average Bonchev–Trinajstić information content (AvgIpc) is 3.35. The molecule has 0 radical (unpaired) electrons. The number of carbonyl (C=O) groups excluding carboxylic acids is 1. The Bertz CT molecular complexity index is 1370. The van der Waals surface area contributed by atoms with Crippen LogP contribution in [0.1, 0.15) is 84.4 Å². The average molecular weight is 642 g/mol. The number of hydrazine groups is 1. The van der Waals surface area contributed by atoms with Gasteiger partial charge in [-0.15, -0.1) is 13.2 Å². The van der Waals surface area contributed by atoms with Gasteiger partial charge in [0.1, 0.15) is 11.9 Å². The highest BCUT2D eigenvalue weighted by Gasteiger charge is 2.38. The number of carbonyl (C=O) groups is 1. The van der Waals surface area contributed by atoms with Crippen LogP contribution >= 0.6 is 0 Å². The van der Waals surface area contributed by atoms with E-state index in [9.17, 15) is 4.79 Å². The van der Waals surface area contributed by atoms with E-state index in [1.807, 2.05) is 47.6 Å². The quantitative estimate of drug-likeness (QED) is 0.114. The second-order valence-electron chi connectivity index (χ2n) is 13.3. The fourth-order valence-electron chi connectivity index (χ4n) is 5.59. The van der Waals surface area contributed by atoms with E-state index in [-0.39, 0.29) is 30.8 Å². The first-order chi connectivity index (χ1) is 21.6. The van der Waals surface area contributed by atoms with Gasteiger partial charge in [0.25, 0.3) is 0 Å². The van der Waals surface area contributed by atoms with Gasteiger partial charge >= 0.3 is 5.97 Å². The largest absolute Gasteiger partial charge is 0.464 e. The van der Waals surface area contributed by atoms with Crippen molar-refractivity contribution in [3.8, 4) is 0 Å². The number of fused-ring (bicyclic) bond motifs is 1. The lowest BCUT2D eigenvalue weighted by Gasteiger charge is -2.41. The molecule has 0 aromatic carbocycles. The summed E-state index contributed by atoms with van der Waals surface area (Å²) in [6.07, 6.45) is 5.35. The molecule has 0 spiro atoms. The zero-order valence-corrected chi connectivity index (χ0v) is 29.0. The van der Waals surface area contributed by atoms with E-state index in [4.69, 9.17) is 40.6 Å². The lowest BCUT2D eigenvalue weighted by Crippen LogP contribution is -2.45. The van der Waals surface area contributed by atoms with Gasteiger partial charge in [0.15, 0.2) is 11.8 Å². The van der Waals surface area contributed by atoms with E-state index < -0.39 is 17.7 Å². The van der Waals surface area contributed by atoms with Gasteiger partial charge in [0.2, 0.25) is 0 Å². The van der Waals surface area contributed by atoms with Crippen molar-refractivity contribution in [1.82, 2.24) is 19.6 Å². The highest BCUT2D eigenvalue weighted by atomic mass is 16.6. The van der Waals surface area contributed by atoms with Crippen LogP contribution in [-0.4, -0.2) is 75.8 Å². The van der Waals surface area contributed by atoms with Crippen LogP contribution in [0.2, 0.25) is 0 Å². The number of hydrogen-bond acceptors (Lipinski definition) is 11. The van der Waals surface area contributed by atoms with E-state index in [1.54, 1.807) is 29.8 Å². The normalized spacial score (nSPS) is 16.8. The number of nitrogens with zero attached hydrogens (tertiary/aromatic N) is 5. The number of hydrogen-bond donors (Lipinski definition) is 2. The second-order valence-corrected chi connectivity index (χ2v) is 13.3. The van der Waals surface area contributed by atoms with Gasteiger partial charge in [0, 0.05) is 31.0 Å². The molecule has 12 nitrogen and oxygen atoms in total. The van der Waals surface area contributed by atoms with Crippen LogP contribution in [0.3, 0.4) is 0 Å². The molecule has 1 aliphatic heterocycles. The number of esters is 1. The van der Waals surface area contributed by atoms with E-state index in [0.717, 1.165) is 18.7 Å². The molecule has 0 aliphatic carbocycles. The van der Waals surface area contributed by atoms with Crippen molar-refractivity contribution in [3.05, 3.63) is 60.2 Å². The van der Waals surface area contributed by atoms with E-state index in [1.165, 1.54) is 5.01 Å². The Morgan fingerprint density at radius 1 is 1.20 bits per heavy atom. The molecule has 4 N–H and O–H groups in total. The SMILES string of the molecule is C=CCOC(/C(N)=C/N(N)Cc1cc2nc(C)c([C@H](OC(C)(C)C)C(=O)OCC)c(N3CCC(C)(OCC=C)CC3)n2n1)C(C)C. The Morgan fingerprint density at radius 2 is 1.85 bits per heavy atom. The minimum atomic E-state index is -1.01. The third kappa shape index (κ3) is 9.54. The summed E-state index contributed by atoms with van der Waals surface area (Å²) in [6.45, 7) is 25.8. The summed E-state index contributed by atoms with van der Waals surface area (Å²) in [5.41, 5.74) is 8.55. The lowest BCUT2D eigenvalue weighted by atomic mass is 9.92. The van der Waals surface area contributed by atoms with Gasteiger partial charge in [0.05, 0.1) is 54.5 Å². The van der Waals surface area contributed by atoms with Crippen molar-refractivity contribution in [2.45, 2.75) is 98.2 Å². The number of aromatic nitrogens is 3. The Hall–Kier alpha value is -3.45. The summed E-state index contributed by atoms with van der Waals surface area (Å²) < 4.78 is 25.7. The van der Waals surface area contributed by atoms with E-state index in [0.29, 0.717) is 54.6 Å². The summed E-state index contributed by atoms with van der Waals surface area (Å²) in [5, 5.41) is 6.45. The first-order valence-corrected chi connectivity index (χ1v) is 16.1. The van der Waals surface area contributed by atoms with E-state index in [2.05, 4.69) is 25.0 Å². The van der Waals surface area contributed by atoms with Crippen molar-refractivity contribution in [1.29, 1.82) is 0 Å². The first kappa shape index (κ1) is 37.0. The molecule has 3 heterocycles. The fraction of sp³-hybridized carbons (Fsp3) is 0.618. The Kier molecular flexibility index (Phi) is 12.8. The van der Waals surface area contributed by atoms with Crippen molar-refractivity contribution >= 4 is 17.4 Å². The number of nitrogens with two attached hydrogens (primary N) is 2. The summed E-state index contributed by atoms with van der Waals surface area (Å²) in [7, 11) is 0. The molecule has 0 amide bonds. The molecule has 3 rings (SSSR count). The van der Waals surface area contributed by atoms with Crippen LogP contribution < -0.4 is 16.5 Å². The molecular weight excluding hydrogens is 586 g/mol. The molecule has 2 atom stereocenters. The predicted octanol–water partition coefficient (Wildman–Crippen LogP) is 4.72. The van der Waals surface area contributed by atoms with Crippen molar-refractivity contribution in [2.24, 2.45) is 17.5 Å². The van der Waals surface area contributed by atoms with Gasteiger partial charge in [-0.25, -0.2) is 15.6 Å². The van der Waals surface area contributed by atoms with Crippen LogP contribution in [0.25, 0.3) is 5.65 Å². The number of ether oxygens (including phenoxy) is 4. The fourth-order valence-corrected chi connectivity index (χ4v) is 5.59. The first-order valence-electron chi connectivity index (χ1n) is 16.1. The predicted molar refractivity (Wildman–Crippen MR) is 181 cm³/mol. The molecule has 256 valence electrons. The topological polar surface area (TPSA) is 143 Å². The molecule has 2 aromatic rings. The third-order valence-corrected chi connectivity index (χ3v) is 7.75. The maximum Gasteiger partial charge on any atom is 0.340 e. The Labute approximate surface area is 274 Å². The van der Waals surface area contributed by atoms with Crippen molar-refractivity contribution < 1.29 is 23.7 Å². The highest BCUT2D eigenvalue weighted by Crippen LogP contribution is 2.38. The van der Waals surface area contributed by atoms with Crippen molar-refractivity contribution in [3.63, 3.8) is 0 Å². The van der Waals surface area contributed by atoms with Gasteiger partial charge in [-0.05, 0) is 60.3 Å². The highest BCUT2D eigenvalue weighted by molar-refractivity contribution is 5.80. The maximum absolute atomic E-state index is 13.5. The molecule has 0 saturated carbocycles. The van der Waals surface area contributed by atoms with Gasteiger partial charge in [-0.2, -0.15) is 9.61 Å². The molecule has 1 fully saturated rings. The van der Waals surface area contributed by atoms with Crippen LogP contribution in [-0.2, 0) is 30.3 Å². The van der Waals surface area contributed by atoms with Crippen molar-refractivity contribution in [2.75, 3.05) is 37.8 Å². The summed E-state index contributed by atoms with van der Waals surface area (Å²) >= 11 is 0. The molecule has 0 bridgehead atoms. The maximum atomic E-state index is 13.5. The molecular formula is C34H55N7O5. The Balaban J connectivity index is 2.10. The summed E-state index contributed by atoms with van der Waals surface area (Å²) in [5.74, 6) is 6.82. The summed E-state index contributed by atoms with van der Waals surface area (Å²) in [4.78, 5) is 20.6. The minimum Gasteiger partial charge on any atom is -0.464 e. The summed E-state index contributed by atoms with van der Waals surface area (Å²) in [6, 6.07) is 1.89. The lowest BCUT2D eigenvalue weighted by molar-refractivity contribution is -0.166. The van der Waals surface area contributed by atoms with Gasteiger partial charge in [-0.3, -0.25) is 0 Å². The van der Waals surface area contributed by atoms with Gasteiger partial charge < -0.3 is 34.6 Å². The van der Waals surface area contributed by atoms with E-state index >= 15 is 0 Å². The Morgan fingerprint density at radius 3 is 2.41 bits per heavy atom. The third-order valence-electron chi connectivity index (χ3n) is 7.75. The molecule has 12 heteroatoms. The van der Waals surface area contributed by atoms with Crippen LogP contribution in [0.15, 0.2) is 43.3 Å². The minimum absolute atomic E-state index is 0.143. The smallest absolute Gasteiger partial charge is 0.340 e. The standard InChI is InChI=1S/C34H55N7O5/c1-11-18-44-29(23(4)5)26(35)22-40(36)21-25-20-27-37-24(6)28(30(32(42)43-13-3)46-33(7,8)9)31(41(27)38-25)39-16-14-34(10,15-17-39)45-19-12-2/h11-12,20,22-23,29-30H,1-2,13-19,21,35-36H2,3-10H3/b26-22-/t29?,30-/m0/s1. The van der Waals surface area contributed by atoms with Gasteiger partial charge in [-0.1, -0.05) is 26.0 Å². The molecule has 1 aliphatic rings. The number of piperidine rings is 1. The molecule has 1 unspecified atom stereocenters. The van der Waals surface area contributed by atoms with Crippen LogP contribution in [0.5, 0.6) is 0 Å².